The minimum atomic E-state index is -0.467. The molecule has 1 amide bonds. The van der Waals surface area contributed by atoms with E-state index < -0.39 is 6.04 Å². The molecule has 100 valence electrons. The number of aliphatic hydroxyl groups excluding tert-OH is 1. The van der Waals surface area contributed by atoms with Crippen LogP contribution < -0.4 is 5.73 Å². The number of carbonyl (C=O) groups excluding carboxylic acids is 1. The van der Waals surface area contributed by atoms with Crippen LogP contribution in [-0.2, 0) is 11.3 Å². The number of nitrogens with two attached hydrogens (primary N) is 1. The van der Waals surface area contributed by atoms with Crippen molar-refractivity contribution in [3.63, 3.8) is 0 Å². The maximum absolute atomic E-state index is 12.1. The molecule has 3 N–H and O–H groups in total. The lowest BCUT2D eigenvalue weighted by atomic mass is 10.1. The first-order valence-corrected chi connectivity index (χ1v) is 6.38. The van der Waals surface area contributed by atoms with Crippen molar-refractivity contribution in [3.05, 3.63) is 35.9 Å². The van der Waals surface area contributed by atoms with Crippen molar-refractivity contribution in [3.8, 4) is 0 Å². The van der Waals surface area contributed by atoms with E-state index in [1.807, 2.05) is 37.3 Å². The summed E-state index contributed by atoms with van der Waals surface area (Å²) in [6, 6.07) is 9.26. The van der Waals surface area contributed by atoms with Crippen LogP contribution in [0.3, 0.4) is 0 Å². The molecular weight excluding hydrogens is 228 g/mol. The fraction of sp³-hybridized carbons (Fsp3) is 0.500. The molecule has 0 bridgehead atoms. The number of amides is 1. The molecule has 1 aromatic carbocycles. The van der Waals surface area contributed by atoms with Gasteiger partial charge in [0.2, 0.25) is 5.91 Å². The lowest BCUT2D eigenvalue weighted by molar-refractivity contribution is -0.133. The van der Waals surface area contributed by atoms with Gasteiger partial charge in [-0.2, -0.15) is 0 Å². The largest absolute Gasteiger partial charge is 0.395 e. The van der Waals surface area contributed by atoms with Gasteiger partial charge in [0.05, 0.1) is 12.6 Å². The molecule has 0 aliphatic carbocycles. The number of carbonyl (C=O) groups is 1. The quantitative estimate of drug-likeness (QED) is 0.762. The molecule has 1 atom stereocenters. The average Bonchev–Trinajstić information content (AvgIpc) is 2.39. The van der Waals surface area contributed by atoms with Crippen molar-refractivity contribution in [1.29, 1.82) is 0 Å². The van der Waals surface area contributed by atoms with Gasteiger partial charge in [-0.3, -0.25) is 4.79 Å². The Morgan fingerprint density at radius 2 is 2.06 bits per heavy atom. The van der Waals surface area contributed by atoms with Gasteiger partial charge in [0.1, 0.15) is 0 Å². The summed E-state index contributed by atoms with van der Waals surface area (Å²) in [5.41, 5.74) is 6.88. The molecule has 0 saturated heterocycles. The van der Waals surface area contributed by atoms with E-state index in [9.17, 15) is 4.79 Å². The fourth-order valence-electron chi connectivity index (χ4n) is 1.86. The Hall–Kier alpha value is -1.39. The Morgan fingerprint density at radius 1 is 1.39 bits per heavy atom. The molecule has 1 aromatic rings. The molecule has 4 heteroatoms. The maximum atomic E-state index is 12.1. The Balaban J connectivity index is 2.67. The Labute approximate surface area is 108 Å². The van der Waals surface area contributed by atoms with Gasteiger partial charge in [0.25, 0.3) is 0 Å². The third-order valence-electron chi connectivity index (χ3n) is 2.81. The van der Waals surface area contributed by atoms with Crippen LogP contribution in [0.25, 0.3) is 0 Å². The lowest BCUT2D eigenvalue weighted by Crippen LogP contribution is -2.44. The smallest absolute Gasteiger partial charge is 0.239 e. The zero-order valence-corrected chi connectivity index (χ0v) is 10.9. The van der Waals surface area contributed by atoms with E-state index in [-0.39, 0.29) is 12.5 Å². The molecule has 4 nitrogen and oxygen atoms in total. The standard InChI is InChI=1S/C14H22N2O2/c1-2-6-13(15)14(18)16(9-10-17)11-12-7-4-3-5-8-12/h3-5,7-8,13,17H,2,6,9-11,15H2,1H3/t13-/m0/s1. The first kappa shape index (κ1) is 14.7. The summed E-state index contributed by atoms with van der Waals surface area (Å²) in [5, 5.41) is 9.04. The number of hydrogen-bond donors (Lipinski definition) is 2. The SMILES string of the molecule is CCC[C@H](N)C(=O)N(CCO)Cc1ccccc1. The van der Waals surface area contributed by atoms with E-state index in [0.717, 1.165) is 12.0 Å². The van der Waals surface area contributed by atoms with Crippen LogP contribution in [0.5, 0.6) is 0 Å². The summed E-state index contributed by atoms with van der Waals surface area (Å²) in [6.07, 6.45) is 1.56. The molecule has 18 heavy (non-hydrogen) atoms. The molecule has 0 aromatic heterocycles. The first-order valence-electron chi connectivity index (χ1n) is 6.38. The Kier molecular flexibility index (Phi) is 6.39. The normalized spacial score (nSPS) is 12.2. The number of benzene rings is 1. The molecule has 0 fully saturated rings. The topological polar surface area (TPSA) is 66.6 Å². The molecule has 0 aliphatic rings. The molecule has 0 unspecified atom stereocenters. The predicted octanol–water partition coefficient (Wildman–Crippen LogP) is 1.13. The van der Waals surface area contributed by atoms with Gasteiger partial charge in [0, 0.05) is 13.1 Å². The minimum Gasteiger partial charge on any atom is -0.395 e. The van der Waals surface area contributed by atoms with Gasteiger partial charge in [-0.05, 0) is 12.0 Å². The van der Waals surface area contributed by atoms with E-state index >= 15 is 0 Å². The van der Waals surface area contributed by atoms with E-state index in [1.54, 1.807) is 4.90 Å². The maximum Gasteiger partial charge on any atom is 0.239 e. The van der Waals surface area contributed by atoms with Gasteiger partial charge in [-0.25, -0.2) is 0 Å². The van der Waals surface area contributed by atoms with E-state index in [4.69, 9.17) is 10.8 Å². The number of hydrogen-bond acceptors (Lipinski definition) is 3. The predicted molar refractivity (Wildman–Crippen MR) is 71.8 cm³/mol. The molecule has 0 spiro atoms. The van der Waals surface area contributed by atoms with Crippen molar-refractivity contribution in [2.24, 2.45) is 5.73 Å². The van der Waals surface area contributed by atoms with Crippen LogP contribution >= 0.6 is 0 Å². The van der Waals surface area contributed by atoms with Gasteiger partial charge in [0.15, 0.2) is 0 Å². The van der Waals surface area contributed by atoms with Crippen LogP contribution in [0.1, 0.15) is 25.3 Å². The Morgan fingerprint density at radius 3 is 2.61 bits per heavy atom. The second-order valence-corrected chi connectivity index (χ2v) is 4.36. The van der Waals surface area contributed by atoms with Crippen molar-refractivity contribution in [2.45, 2.75) is 32.4 Å². The van der Waals surface area contributed by atoms with Gasteiger partial charge in [-0.1, -0.05) is 43.7 Å². The van der Waals surface area contributed by atoms with Gasteiger partial charge >= 0.3 is 0 Å². The van der Waals surface area contributed by atoms with E-state index in [0.29, 0.717) is 19.5 Å². The third-order valence-corrected chi connectivity index (χ3v) is 2.81. The molecular formula is C14H22N2O2. The zero-order chi connectivity index (χ0) is 13.4. The van der Waals surface area contributed by atoms with Gasteiger partial charge < -0.3 is 15.7 Å². The number of rotatable bonds is 7. The summed E-state index contributed by atoms with van der Waals surface area (Å²) in [6.45, 7) is 2.78. The number of aliphatic hydroxyl groups is 1. The van der Waals surface area contributed by atoms with Crippen molar-refractivity contribution >= 4 is 5.91 Å². The molecule has 0 saturated carbocycles. The highest BCUT2D eigenvalue weighted by Crippen LogP contribution is 2.07. The molecule has 0 radical (unpaired) electrons. The minimum absolute atomic E-state index is 0.0442. The van der Waals surface area contributed by atoms with Crippen LogP contribution in [0.2, 0.25) is 0 Å². The summed E-state index contributed by atoms with van der Waals surface area (Å²) in [7, 11) is 0. The van der Waals surface area contributed by atoms with E-state index in [2.05, 4.69) is 0 Å². The molecule has 1 rings (SSSR count). The zero-order valence-electron chi connectivity index (χ0n) is 10.9. The summed E-state index contributed by atoms with van der Waals surface area (Å²) >= 11 is 0. The highest BCUT2D eigenvalue weighted by molar-refractivity contribution is 5.81. The highest BCUT2D eigenvalue weighted by Gasteiger charge is 2.19. The summed E-state index contributed by atoms with van der Waals surface area (Å²) in [4.78, 5) is 13.7. The van der Waals surface area contributed by atoms with Crippen LogP contribution in [0.4, 0.5) is 0 Å². The van der Waals surface area contributed by atoms with Crippen molar-refractivity contribution < 1.29 is 9.90 Å². The second kappa shape index (κ2) is 7.84. The molecule has 0 aliphatic heterocycles. The van der Waals surface area contributed by atoms with Crippen LogP contribution in [0.15, 0.2) is 30.3 Å². The average molecular weight is 250 g/mol. The van der Waals surface area contributed by atoms with Crippen LogP contribution in [0, 0.1) is 0 Å². The van der Waals surface area contributed by atoms with Crippen LogP contribution in [-0.4, -0.2) is 35.1 Å². The highest BCUT2D eigenvalue weighted by atomic mass is 16.3. The monoisotopic (exact) mass is 250 g/mol. The summed E-state index contributed by atoms with van der Waals surface area (Å²) < 4.78 is 0. The Bertz CT molecular complexity index is 354. The summed E-state index contributed by atoms with van der Waals surface area (Å²) in [5.74, 6) is -0.0882. The van der Waals surface area contributed by atoms with Gasteiger partial charge in [-0.15, -0.1) is 0 Å². The second-order valence-electron chi connectivity index (χ2n) is 4.36. The fourth-order valence-corrected chi connectivity index (χ4v) is 1.86. The molecule has 0 heterocycles. The lowest BCUT2D eigenvalue weighted by Gasteiger charge is -2.25. The first-order chi connectivity index (χ1) is 8.69. The van der Waals surface area contributed by atoms with Crippen molar-refractivity contribution in [2.75, 3.05) is 13.2 Å². The van der Waals surface area contributed by atoms with E-state index in [1.165, 1.54) is 0 Å². The van der Waals surface area contributed by atoms with Crippen molar-refractivity contribution in [1.82, 2.24) is 4.90 Å². The number of nitrogens with zero attached hydrogens (tertiary/aromatic N) is 1. The third kappa shape index (κ3) is 4.47.